The number of carbonyl (C=O) groups excluding carboxylic acids is 3. The molecule has 11 heteroatoms. The van der Waals surface area contributed by atoms with E-state index in [-0.39, 0.29) is 31.3 Å². The van der Waals surface area contributed by atoms with Gasteiger partial charge in [-0.15, -0.1) is 0 Å². The number of carbonyl (C=O) groups is 3. The molecule has 51 heavy (non-hydrogen) atoms. The van der Waals surface area contributed by atoms with Crippen molar-refractivity contribution >= 4 is 29.7 Å². The summed E-state index contributed by atoms with van der Waals surface area (Å²) in [6.45, 7) is 4.88. The van der Waals surface area contributed by atoms with Crippen LogP contribution in [0.25, 0.3) is 11.1 Å². The quantitative estimate of drug-likeness (QED) is 0.0527. The first-order valence-electron chi connectivity index (χ1n) is 16.7. The van der Waals surface area contributed by atoms with Crippen molar-refractivity contribution in [2.75, 3.05) is 19.8 Å². The van der Waals surface area contributed by atoms with Crippen LogP contribution < -0.4 is 21.2 Å². The predicted octanol–water partition coefficient (Wildman–Crippen LogP) is 4.99. The van der Waals surface area contributed by atoms with E-state index in [0.717, 1.165) is 33.4 Å². The van der Waals surface area contributed by atoms with Gasteiger partial charge in [0.2, 0.25) is 0 Å². The Morgan fingerprint density at radius 1 is 0.843 bits per heavy atom. The molecule has 0 fully saturated rings. The molecule has 4 aromatic rings. The maximum absolute atomic E-state index is 13.5. The molecule has 262 valence electrons. The lowest BCUT2D eigenvalue weighted by Gasteiger charge is -2.23. The maximum Gasteiger partial charge on any atom is 0.335 e. The fourth-order valence-corrected chi connectivity index (χ4v) is 5.94. The second-order valence-electron chi connectivity index (χ2n) is 11.7. The Kier molecular flexibility index (Phi) is 12.7. The van der Waals surface area contributed by atoms with Crippen LogP contribution in [-0.2, 0) is 19.1 Å². The number of hydrazone groups is 1. The third-order valence-electron chi connectivity index (χ3n) is 8.28. The average molecular weight is 687 g/mol. The van der Waals surface area contributed by atoms with E-state index < -0.39 is 42.6 Å². The molecule has 1 atom stereocenters. The van der Waals surface area contributed by atoms with E-state index in [2.05, 4.69) is 32.7 Å². The van der Waals surface area contributed by atoms with Gasteiger partial charge in [0.25, 0.3) is 5.91 Å². The number of amides is 3. The minimum absolute atomic E-state index is 0.0308. The summed E-state index contributed by atoms with van der Waals surface area (Å²) in [5, 5.41) is 22.8. The van der Waals surface area contributed by atoms with E-state index in [0.29, 0.717) is 6.42 Å². The van der Waals surface area contributed by atoms with Gasteiger partial charge in [-0.25, -0.2) is 10.2 Å². The standard InChI is InChI=1S/C40H41N5O6/c1-3-15-34(42-40(49)51-26-33-31-22-13-11-20-29(31)30-21-12-14-23-32(30)33)37(38(47)41-25-35(46)50-24-4-2)44-45-39(48)43-36(27-16-7-5-8-17-27)28-18-9-6-10-19-28/h4-14,16-23,33-34,36H,2-3,15,24-26H2,1H3,(H,41,47)(H,42,49)(H2,43,45,48)/p-1. The molecule has 0 heterocycles. The average Bonchev–Trinajstić information content (AvgIpc) is 3.48. The van der Waals surface area contributed by atoms with Crippen LogP contribution in [0.5, 0.6) is 0 Å². The number of nitrogens with one attached hydrogen (secondary N) is 3. The molecule has 11 nitrogen and oxygen atoms in total. The van der Waals surface area contributed by atoms with Gasteiger partial charge in [-0.2, -0.15) is 5.10 Å². The number of ether oxygens (including phenoxy) is 2. The normalized spacial score (nSPS) is 13.1. The molecular formula is C40H40N5O6-. The summed E-state index contributed by atoms with van der Waals surface area (Å²) >= 11 is 0. The van der Waals surface area contributed by atoms with Crippen LogP contribution >= 0.6 is 0 Å². The second-order valence-corrected chi connectivity index (χ2v) is 11.7. The minimum Gasteiger partial charge on any atom is -0.599 e. The number of hydrogen-bond acceptors (Lipinski definition) is 8. The first-order valence-corrected chi connectivity index (χ1v) is 16.7. The molecule has 0 aromatic heterocycles. The van der Waals surface area contributed by atoms with Crippen molar-refractivity contribution < 1.29 is 29.0 Å². The van der Waals surface area contributed by atoms with Gasteiger partial charge in [0.15, 0.2) is 0 Å². The van der Waals surface area contributed by atoms with E-state index in [1.165, 1.54) is 6.08 Å². The number of hydrogen-bond donors (Lipinski definition) is 3. The molecule has 0 saturated heterocycles. The van der Waals surface area contributed by atoms with Gasteiger partial charge in [-0.05, 0) is 39.8 Å². The first kappa shape index (κ1) is 36.1. The molecule has 0 aliphatic heterocycles. The lowest BCUT2D eigenvalue weighted by Crippen LogP contribution is -2.44. The van der Waals surface area contributed by atoms with Gasteiger partial charge in [0, 0.05) is 12.5 Å². The Labute approximate surface area is 297 Å². The molecule has 5 rings (SSSR count). The molecule has 4 aromatic carbocycles. The molecule has 3 N–H and O–H groups in total. The van der Waals surface area contributed by atoms with Gasteiger partial charge >= 0.3 is 12.0 Å². The zero-order valence-corrected chi connectivity index (χ0v) is 28.3. The highest BCUT2D eigenvalue weighted by Gasteiger charge is 2.28. The number of aliphatic imine (C=N–C) groups is 1. The highest BCUT2D eigenvalue weighted by atomic mass is 16.6. The molecule has 0 radical (unpaired) electrons. The largest absolute Gasteiger partial charge is 0.599 e. The highest BCUT2D eigenvalue weighted by molar-refractivity contribution is 6.41. The molecule has 3 amide bonds. The van der Waals surface area contributed by atoms with Crippen LogP contribution in [-0.4, -0.2) is 55.5 Å². The fourth-order valence-electron chi connectivity index (χ4n) is 5.94. The summed E-state index contributed by atoms with van der Waals surface area (Å²) in [6, 6.07) is 32.3. The third kappa shape index (κ3) is 9.48. The Balaban J connectivity index is 1.36. The Morgan fingerprint density at radius 3 is 1.98 bits per heavy atom. The van der Waals surface area contributed by atoms with E-state index in [1.54, 1.807) is 0 Å². The number of urea groups is 1. The van der Waals surface area contributed by atoms with Crippen molar-refractivity contribution in [3.63, 3.8) is 0 Å². The van der Waals surface area contributed by atoms with E-state index in [1.807, 2.05) is 116 Å². The summed E-state index contributed by atoms with van der Waals surface area (Å²) < 4.78 is 10.7. The number of fused-ring (bicyclic) bond motifs is 3. The van der Waals surface area contributed by atoms with Gasteiger partial charge in [-0.3, -0.25) is 14.6 Å². The lowest BCUT2D eigenvalue weighted by molar-refractivity contribution is -0.251. The topological polar surface area (TPSA) is 154 Å². The van der Waals surface area contributed by atoms with Crippen LogP contribution in [0.3, 0.4) is 0 Å². The molecule has 1 aliphatic rings. The minimum atomic E-state index is -1.10. The predicted molar refractivity (Wildman–Crippen MR) is 194 cm³/mol. The van der Waals surface area contributed by atoms with Crippen molar-refractivity contribution in [1.82, 2.24) is 16.1 Å². The Morgan fingerprint density at radius 2 is 1.41 bits per heavy atom. The molecule has 0 bridgehead atoms. The summed E-state index contributed by atoms with van der Waals surface area (Å²) in [5.41, 5.74) is 8.02. The van der Waals surface area contributed by atoms with E-state index >= 15 is 0 Å². The molecule has 1 unspecified atom stereocenters. The summed E-state index contributed by atoms with van der Waals surface area (Å²) in [7, 11) is 0. The second kappa shape index (κ2) is 18.0. The van der Waals surface area contributed by atoms with E-state index in [9.17, 15) is 19.5 Å². The molecule has 1 aliphatic carbocycles. The van der Waals surface area contributed by atoms with Gasteiger partial charge in [0.1, 0.15) is 31.0 Å². The zero-order chi connectivity index (χ0) is 36.0. The SMILES string of the molecule is C=CCOC(=O)CNC(=O)C(=NNC(=O)NC(c1ccccc1)c1ccccc1)C(CCC)N=C([O-])OCC1c2ccccc2-c2ccccc21. The van der Waals surface area contributed by atoms with Crippen molar-refractivity contribution in [2.45, 2.75) is 37.8 Å². The first-order chi connectivity index (χ1) is 24.9. The van der Waals surface area contributed by atoms with Crippen LogP contribution in [0.15, 0.2) is 132 Å². The Bertz CT molecular complexity index is 1790. The maximum atomic E-state index is 13.5. The number of nitrogens with zero attached hydrogens (tertiary/aromatic N) is 2. The number of esters is 1. The smallest absolute Gasteiger partial charge is 0.335 e. The van der Waals surface area contributed by atoms with Crippen LogP contribution in [0.1, 0.15) is 54.0 Å². The Hall–Kier alpha value is -6.23. The van der Waals surface area contributed by atoms with Crippen molar-refractivity contribution in [3.8, 4) is 11.1 Å². The summed E-state index contributed by atoms with van der Waals surface area (Å²) in [5.74, 6) is -1.71. The van der Waals surface area contributed by atoms with Crippen molar-refractivity contribution in [3.05, 3.63) is 144 Å². The monoisotopic (exact) mass is 686 g/mol. The third-order valence-corrected chi connectivity index (χ3v) is 8.28. The zero-order valence-electron chi connectivity index (χ0n) is 28.3. The van der Waals surface area contributed by atoms with E-state index in [4.69, 9.17) is 9.47 Å². The van der Waals surface area contributed by atoms with Crippen LogP contribution in [0, 0.1) is 0 Å². The molecule has 0 saturated carbocycles. The van der Waals surface area contributed by atoms with Gasteiger partial charge < -0.3 is 25.2 Å². The number of rotatable bonds is 15. The lowest BCUT2D eigenvalue weighted by atomic mass is 9.98. The summed E-state index contributed by atoms with van der Waals surface area (Å²) in [6.07, 6.45) is 1.24. The van der Waals surface area contributed by atoms with Crippen LogP contribution in [0.4, 0.5) is 4.79 Å². The van der Waals surface area contributed by atoms with Crippen LogP contribution in [0.2, 0.25) is 0 Å². The van der Waals surface area contributed by atoms with Crippen molar-refractivity contribution in [2.24, 2.45) is 10.1 Å². The number of benzene rings is 4. The summed E-state index contributed by atoms with van der Waals surface area (Å²) in [4.78, 5) is 43.1. The molecule has 0 spiro atoms. The highest BCUT2D eigenvalue weighted by Crippen LogP contribution is 2.44. The van der Waals surface area contributed by atoms with Crippen molar-refractivity contribution in [1.29, 1.82) is 0 Å². The van der Waals surface area contributed by atoms with Gasteiger partial charge in [0.05, 0.1) is 6.04 Å². The fraction of sp³-hybridized carbons (Fsp3) is 0.225. The van der Waals surface area contributed by atoms with Gasteiger partial charge in [-0.1, -0.05) is 135 Å². The molecular weight excluding hydrogens is 646 g/mol.